The van der Waals surface area contributed by atoms with Gasteiger partial charge in [0.1, 0.15) is 6.10 Å². The summed E-state index contributed by atoms with van der Waals surface area (Å²) in [6.07, 6.45) is 5.00. The second kappa shape index (κ2) is 8.03. The molecular weight excluding hydrogens is 369 g/mol. The van der Waals surface area contributed by atoms with Gasteiger partial charge < -0.3 is 4.74 Å². The summed E-state index contributed by atoms with van der Waals surface area (Å²) in [6.45, 7) is 1.79. The summed E-state index contributed by atoms with van der Waals surface area (Å²) in [4.78, 5) is 13.8. The quantitative estimate of drug-likeness (QED) is 0.782. The lowest BCUT2D eigenvalue weighted by molar-refractivity contribution is -0.145. The maximum absolute atomic E-state index is 12.8. The van der Waals surface area contributed by atoms with E-state index in [4.69, 9.17) is 4.74 Å². The molecule has 0 bridgehead atoms. The first-order chi connectivity index (χ1) is 13.5. The fourth-order valence-corrected chi connectivity index (χ4v) is 3.88. The van der Waals surface area contributed by atoms with Gasteiger partial charge in [0.15, 0.2) is 0 Å². The van der Waals surface area contributed by atoms with Crippen molar-refractivity contribution >= 4 is 0 Å². The molecule has 5 nitrogen and oxygen atoms in total. The molecule has 0 atom stereocenters. The SMILES string of the molecule is FC(F)(F)c1ncc2c(n1)CCN(Cc1cccnc1OC1CCCCC1)C2. The van der Waals surface area contributed by atoms with Gasteiger partial charge in [-0.1, -0.05) is 12.5 Å². The Bertz CT molecular complexity index is 821. The highest BCUT2D eigenvalue weighted by Gasteiger charge is 2.35. The van der Waals surface area contributed by atoms with Gasteiger partial charge in [0.2, 0.25) is 11.7 Å². The van der Waals surface area contributed by atoms with Crippen molar-refractivity contribution in [2.75, 3.05) is 6.54 Å². The van der Waals surface area contributed by atoms with Crippen LogP contribution in [0.5, 0.6) is 5.88 Å². The van der Waals surface area contributed by atoms with Crippen molar-refractivity contribution in [2.45, 2.75) is 63.9 Å². The average Bonchev–Trinajstić information content (AvgIpc) is 2.69. The predicted molar refractivity (Wildman–Crippen MR) is 96.6 cm³/mol. The standard InChI is InChI=1S/C20H23F3N4O/c21-20(22,23)19-25-11-15-13-27(10-8-17(15)26-19)12-14-5-4-9-24-18(14)28-16-6-2-1-3-7-16/h4-5,9,11,16H,1-3,6-8,10,12-13H2. The van der Waals surface area contributed by atoms with Gasteiger partial charge in [0, 0.05) is 49.6 Å². The first kappa shape index (κ1) is 19.1. The van der Waals surface area contributed by atoms with Gasteiger partial charge in [-0.2, -0.15) is 13.2 Å². The average molecular weight is 392 g/mol. The Kier molecular flexibility index (Phi) is 5.48. The molecule has 1 fully saturated rings. The van der Waals surface area contributed by atoms with E-state index in [0.29, 0.717) is 37.6 Å². The smallest absolute Gasteiger partial charge is 0.451 e. The third kappa shape index (κ3) is 4.43. The molecule has 0 amide bonds. The van der Waals surface area contributed by atoms with E-state index in [-0.39, 0.29) is 6.10 Å². The fraction of sp³-hybridized carbons (Fsp3) is 0.550. The van der Waals surface area contributed by atoms with Gasteiger partial charge in [-0.25, -0.2) is 15.0 Å². The number of alkyl halides is 3. The van der Waals surface area contributed by atoms with Gasteiger partial charge >= 0.3 is 6.18 Å². The molecule has 4 rings (SSSR count). The molecule has 150 valence electrons. The molecule has 3 heterocycles. The third-order valence-corrected chi connectivity index (χ3v) is 5.34. The molecular formula is C20H23F3N4O. The van der Waals surface area contributed by atoms with Crippen LogP contribution in [0.25, 0.3) is 0 Å². The minimum Gasteiger partial charge on any atom is -0.474 e. The van der Waals surface area contributed by atoms with Gasteiger partial charge in [0.05, 0.1) is 5.69 Å². The minimum absolute atomic E-state index is 0.221. The zero-order chi connectivity index (χ0) is 19.6. The summed E-state index contributed by atoms with van der Waals surface area (Å²) in [7, 11) is 0. The summed E-state index contributed by atoms with van der Waals surface area (Å²) in [5.74, 6) is -0.390. The molecule has 0 N–H and O–H groups in total. The monoisotopic (exact) mass is 392 g/mol. The highest BCUT2D eigenvalue weighted by Crippen LogP contribution is 2.29. The zero-order valence-electron chi connectivity index (χ0n) is 15.6. The van der Waals surface area contributed by atoms with E-state index in [0.717, 1.165) is 24.0 Å². The highest BCUT2D eigenvalue weighted by atomic mass is 19.4. The van der Waals surface area contributed by atoms with Crippen molar-refractivity contribution in [3.05, 3.63) is 47.2 Å². The molecule has 1 saturated carbocycles. The van der Waals surface area contributed by atoms with Crippen molar-refractivity contribution < 1.29 is 17.9 Å². The number of fused-ring (bicyclic) bond motifs is 1. The highest BCUT2D eigenvalue weighted by molar-refractivity contribution is 5.27. The van der Waals surface area contributed by atoms with E-state index in [9.17, 15) is 13.2 Å². The Hall–Kier alpha value is -2.22. The van der Waals surface area contributed by atoms with Crippen LogP contribution in [0.15, 0.2) is 24.5 Å². The van der Waals surface area contributed by atoms with Gasteiger partial charge in [0.25, 0.3) is 0 Å². The number of hydrogen-bond donors (Lipinski definition) is 0. The predicted octanol–water partition coefficient (Wildman–Crippen LogP) is 4.16. The maximum Gasteiger partial charge on any atom is 0.451 e. The molecule has 8 heteroatoms. The van der Waals surface area contributed by atoms with Crippen molar-refractivity contribution in [2.24, 2.45) is 0 Å². The largest absolute Gasteiger partial charge is 0.474 e. The summed E-state index contributed by atoms with van der Waals surface area (Å²) in [6, 6.07) is 3.89. The van der Waals surface area contributed by atoms with E-state index in [2.05, 4.69) is 19.9 Å². The van der Waals surface area contributed by atoms with Crippen molar-refractivity contribution in [3.8, 4) is 5.88 Å². The van der Waals surface area contributed by atoms with Crippen LogP contribution >= 0.6 is 0 Å². The number of hydrogen-bond acceptors (Lipinski definition) is 5. The Morgan fingerprint density at radius 2 is 1.96 bits per heavy atom. The van der Waals surface area contributed by atoms with Crippen molar-refractivity contribution in [1.29, 1.82) is 0 Å². The second-order valence-electron chi connectivity index (χ2n) is 7.47. The van der Waals surface area contributed by atoms with Crippen LogP contribution in [0.3, 0.4) is 0 Å². The number of nitrogens with zero attached hydrogens (tertiary/aromatic N) is 4. The molecule has 1 aliphatic heterocycles. The molecule has 2 aromatic heterocycles. The number of ether oxygens (including phenoxy) is 1. The van der Waals surface area contributed by atoms with Gasteiger partial charge in [-0.3, -0.25) is 4.90 Å². The van der Waals surface area contributed by atoms with E-state index in [1.807, 2.05) is 12.1 Å². The lowest BCUT2D eigenvalue weighted by Crippen LogP contribution is -2.32. The Morgan fingerprint density at radius 3 is 2.75 bits per heavy atom. The van der Waals surface area contributed by atoms with Crippen LogP contribution < -0.4 is 4.74 Å². The Balaban J connectivity index is 1.44. The van der Waals surface area contributed by atoms with Crippen LogP contribution in [0.1, 0.15) is 54.7 Å². The summed E-state index contributed by atoms with van der Waals surface area (Å²) >= 11 is 0. The van der Waals surface area contributed by atoms with Crippen molar-refractivity contribution in [1.82, 2.24) is 19.9 Å². The van der Waals surface area contributed by atoms with Crippen LogP contribution in [0, 0.1) is 0 Å². The number of aromatic nitrogens is 3. The number of halogens is 3. The second-order valence-corrected chi connectivity index (χ2v) is 7.47. The molecule has 28 heavy (non-hydrogen) atoms. The Morgan fingerprint density at radius 1 is 1.14 bits per heavy atom. The van der Waals surface area contributed by atoms with Gasteiger partial charge in [-0.15, -0.1) is 0 Å². The molecule has 0 saturated heterocycles. The van der Waals surface area contributed by atoms with E-state index in [1.165, 1.54) is 25.5 Å². The van der Waals surface area contributed by atoms with E-state index < -0.39 is 12.0 Å². The topological polar surface area (TPSA) is 51.1 Å². The van der Waals surface area contributed by atoms with Crippen molar-refractivity contribution in [3.63, 3.8) is 0 Å². The van der Waals surface area contributed by atoms with Gasteiger partial charge in [-0.05, 0) is 31.7 Å². The first-order valence-electron chi connectivity index (χ1n) is 9.74. The van der Waals surface area contributed by atoms with E-state index >= 15 is 0 Å². The molecule has 0 radical (unpaired) electrons. The lowest BCUT2D eigenvalue weighted by Gasteiger charge is -2.29. The molecule has 0 spiro atoms. The minimum atomic E-state index is -4.51. The molecule has 2 aromatic rings. The zero-order valence-corrected chi connectivity index (χ0v) is 15.6. The summed E-state index contributed by atoms with van der Waals surface area (Å²) < 4.78 is 44.6. The Labute approximate surface area is 162 Å². The van der Waals surface area contributed by atoms with Crippen LogP contribution in [0.4, 0.5) is 13.2 Å². The lowest BCUT2D eigenvalue weighted by atomic mass is 9.98. The first-order valence-corrected chi connectivity index (χ1v) is 9.74. The maximum atomic E-state index is 12.8. The third-order valence-electron chi connectivity index (χ3n) is 5.34. The number of pyridine rings is 1. The van der Waals surface area contributed by atoms with Crippen LogP contribution in [-0.4, -0.2) is 32.5 Å². The van der Waals surface area contributed by atoms with Crippen LogP contribution in [-0.2, 0) is 25.7 Å². The summed E-state index contributed by atoms with van der Waals surface area (Å²) in [5.41, 5.74) is 2.24. The summed E-state index contributed by atoms with van der Waals surface area (Å²) in [5, 5.41) is 0. The fourth-order valence-electron chi connectivity index (χ4n) is 3.88. The van der Waals surface area contributed by atoms with Crippen LogP contribution in [0.2, 0.25) is 0 Å². The molecule has 0 unspecified atom stereocenters. The normalized spacial score (nSPS) is 18.7. The molecule has 0 aromatic carbocycles. The molecule has 1 aliphatic carbocycles. The van der Waals surface area contributed by atoms with E-state index in [1.54, 1.807) is 6.20 Å². The molecule has 2 aliphatic rings. The number of rotatable bonds is 4.